The van der Waals surface area contributed by atoms with Gasteiger partial charge in [0.2, 0.25) is 15.9 Å². The van der Waals surface area contributed by atoms with Crippen LogP contribution in [0, 0.1) is 0 Å². The number of benzene rings is 2. The van der Waals surface area contributed by atoms with Gasteiger partial charge < -0.3 is 11.1 Å². The summed E-state index contributed by atoms with van der Waals surface area (Å²) in [6, 6.07) is 15.7. The molecular formula is C19H26ClN3O3S. The highest BCUT2D eigenvalue weighted by Gasteiger charge is 2.24. The summed E-state index contributed by atoms with van der Waals surface area (Å²) >= 11 is 0. The summed E-state index contributed by atoms with van der Waals surface area (Å²) < 4.78 is 27.5. The molecule has 0 aliphatic heterocycles. The largest absolute Gasteiger partial charge is 0.330 e. The van der Waals surface area contributed by atoms with Crippen LogP contribution in [0.2, 0.25) is 0 Å². The highest BCUT2D eigenvalue weighted by molar-refractivity contribution is 7.89. The van der Waals surface area contributed by atoms with Gasteiger partial charge in [0, 0.05) is 25.2 Å². The Morgan fingerprint density at radius 3 is 2.26 bits per heavy atom. The van der Waals surface area contributed by atoms with Crippen molar-refractivity contribution in [1.29, 1.82) is 0 Å². The second-order valence-corrected chi connectivity index (χ2v) is 7.83. The number of hydrogen-bond donors (Lipinski definition) is 2. The first-order valence-electron chi connectivity index (χ1n) is 8.61. The van der Waals surface area contributed by atoms with Crippen molar-refractivity contribution in [2.24, 2.45) is 5.73 Å². The van der Waals surface area contributed by atoms with Crippen molar-refractivity contribution in [3.05, 3.63) is 60.2 Å². The maximum absolute atomic E-state index is 13.0. The minimum atomic E-state index is -3.66. The van der Waals surface area contributed by atoms with Crippen molar-refractivity contribution < 1.29 is 13.2 Å². The Morgan fingerprint density at radius 1 is 1.07 bits per heavy atom. The van der Waals surface area contributed by atoms with Gasteiger partial charge in [-0.3, -0.25) is 4.79 Å². The van der Waals surface area contributed by atoms with Crippen molar-refractivity contribution in [2.45, 2.75) is 31.2 Å². The standard InChI is InChI=1S/C19H25N3O3S.ClH/c1-2-19(23)21-17-9-11-18(12-10-17)26(24,25)22(14-6-13-20)15-16-7-4-3-5-8-16;/h3-5,7-12H,2,6,13-15,20H2,1H3,(H,21,23);1H. The number of nitrogens with one attached hydrogen (secondary N) is 1. The molecule has 27 heavy (non-hydrogen) atoms. The Labute approximate surface area is 167 Å². The fraction of sp³-hybridized carbons (Fsp3) is 0.316. The lowest BCUT2D eigenvalue weighted by Crippen LogP contribution is -2.32. The van der Waals surface area contributed by atoms with Crippen LogP contribution in [-0.2, 0) is 21.4 Å². The Bertz CT molecular complexity index is 812. The van der Waals surface area contributed by atoms with Gasteiger partial charge in [0.25, 0.3) is 0 Å². The topological polar surface area (TPSA) is 92.5 Å². The first kappa shape index (κ1) is 23.1. The molecule has 3 N–H and O–H groups in total. The summed E-state index contributed by atoms with van der Waals surface area (Å²) in [7, 11) is -3.66. The third-order valence-electron chi connectivity index (χ3n) is 3.91. The second kappa shape index (κ2) is 11.0. The molecule has 0 radical (unpaired) electrons. The van der Waals surface area contributed by atoms with Gasteiger partial charge in [-0.1, -0.05) is 37.3 Å². The fourth-order valence-electron chi connectivity index (χ4n) is 2.45. The van der Waals surface area contributed by atoms with E-state index in [0.29, 0.717) is 31.6 Å². The molecule has 0 atom stereocenters. The van der Waals surface area contributed by atoms with Crippen LogP contribution >= 0.6 is 12.4 Å². The van der Waals surface area contributed by atoms with Crippen molar-refractivity contribution in [1.82, 2.24) is 4.31 Å². The summed E-state index contributed by atoms with van der Waals surface area (Å²) in [5.41, 5.74) is 7.06. The molecule has 0 spiro atoms. The molecule has 0 aromatic heterocycles. The average molecular weight is 412 g/mol. The third-order valence-corrected chi connectivity index (χ3v) is 5.77. The summed E-state index contributed by atoms with van der Waals surface area (Å²) in [5.74, 6) is -0.116. The zero-order chi connectivity index (χ0) is 19.0. The lowest BCUT2D eigenvalue weighted by molar-refractivity contribution is -0.115. The molecule has 0 aliphatic rings. The van der Waals surface area contributed by atoms with Gasteiger partial charge in [0.15, 0.2) is 0 Å². The average Bonchev–Trinajstić information content (AvgIpc) is 2.66. The van der Waals surface area contributed by atoms with E-state index in [9.17, 15) is 13.2 Å². The summed E-state index contributed by atoms with van der Waals surface area (Å²) in [5, 5.41) is 2.71. The van der Waals surface area contributed by atoms with Gasteiger partial charge in [-0.25, -0.2) is 8.42 Å². The number of halogens is 1. The highest BCUT2D eigenvalue weighted by atomic mass is 35.5. The Hall–Kier alpha value is -1.93. The zero-order valence-corrected chi connectivity index (χ0v) is 16.9. The predicted octanol–water partition coefficient (Wildman–Crippen LogP) is 3.00. The van der Waals surface area contributed by atoms with E-state index in [1.165, 1.54) is 16.4 Å². The molecule has 6 nitrogen and oxygen atoms in total. The molecule has 8 heteroatoms. The van der Waals surface area contributed by atoms with E-state index in [0.717, 1.165) is 5.56 Å². The number of carbonyl (C=O) groups excluding carboxylic acids is 1. The SMILES string of the molecule is CCC(=O)Nc1ccc(S(=O)(=O)N(CCCN)Cc2ccccc2)cc1.Cl. The zero-order valence-electron chi connectivity index (χ0n) is 15.3. The second-order valence-electron chi connectivity index (χ2n) is 5.89. The normalized spacial score (nSPS) is 11.1. The van der Waals surface area contributed by atoms with E-state index in [-0.39, 0.29) is 29.8 Å². The van der Waals surface area contributed by atoms with Gasteiger partial charge in [0.1, 0.15) is 0 Å². The number of amides is 1. The first-order valence-corrected chi connectivity index (χ1v) is 10.1. The maximum Gasteiger partial charge on any atom is 0.243 e. The smallest absolute Gasteiger partial charge is 0.243 e. The Balaban J connectivity index is 0.00000364. The molecular weight excluding hydrogens is 386 g/mol. The minimum absolute atomic E-state index is 0. The third kappa shape index (κ3) is 6.62. The molecule has 1 amide bonds. The molecule has 2 aromatic rings. The van der Waals surface area contributed by atoms with E-state index < -0.39 is 10.0 Å². The molecule has 148 valence electrons. The number of hydrogen-bond acceptors (Lipinski definition) is 4. The number of anilines is 1. The van der Waals surface area contributed by atoms with E-state index in [1.54, 1.807) is 19.1 Å². The summed E-state index contributed by atoms with van der Waals surface area (Å²) in [6.07, 6.45) is 0.945. The van der Waals surface area contributed by atoms with E-state index in [1.807, 2.05) is 30.3 Å². The summed E-state index contributed by atoms with van der Waals surface area (Å²) in [4.78, 5) is 11.6. The number of nitrogens with two attached hydrogens (primary N) is 1. The molecule has 0 bridgehead atoms. The van der Waals surface area contributed by atoms with Crippen molar-refractivity contribution in [3.63, 3.8) is 0 Å². The molecule has 0 saturated carbocycles. The van der Waals surface area contributed by atoms with Gasteiger partial charge in [0.05, 0.1) is 4.90 Å². The predicted molar refractivity (Wildman–Crippen MR) is 110 cm³/mol. The van der Waals surface area contributed by atoms with Crippen LogP contribution in [0.3, 0.4) is 0 Å². The van der Waals surface area contributed by atoms with Crippen LogP contribution in [0.25, 0.3) is 0 Å². The fourth-order valence-corrected chi connectivity index (χ4v) is 3.91. The van der Waals surface area contributed by atoms with E-state index >= 15 is 0 Å². The van der Waals surface area contributed by atoms with E-state index in [4.69, 9.17) is 5.73 Å². The first-order chi connectivity index (χ1) is 12.5. The number of rotatable bonds is 9. The van der Waals surface area contributed by atoms with Gasteiger partial charge >= 0.3 is 0 Å². The Morgan fingerprint density at radius 2 is 1.70 bits per heavy atom. The molecule has 2 aromatic carbocycles. The van der Waals surface area contributed by atoms with Crippen LogP contribution in [0.15, 0.2) is 59.5 Å². The monoisotopic (exact) mass is 411 g/mol. The number of carbonyl (C=O) groups is 1. The quantitative estimate of drug-likeness (QED) is 0.663. The van der Waals surface area contributed by atoms with Gasteiger partial charge in [-0.05, 0) is 42.8 Å². The number of nitrogens with zero attached hydrogens (tertiary/aromatic N) is 1. The Kier molecular flexibility index (Phi) is 9.45. The summed E-state index contributed by atoms with van der Waals surface area (Å²) in [6.45, 7) is 2.81. The van der Waals surface area contributed by atoms with Crippen LogP contribution < -0.4 is 11.1 Å². The van der Waals surface area contributed by atoms with Gasteiger partial charge in [-0.2, -0.15) is 4.31 Å². The molecule has 0 aliphatic carbocycles. The van der Waals surface area contributed by atoms with Crippen molar-refractivity contribution in [3.8, 4) is 0 Å². The lowest BCUT2D eigenvalue weighted by atomic mass is 10.2. The van der Waals surface area contributed by atoms with E-state index in [2.05, 4.69) is 5.32 Å². The van der Waals surface area contributed by atoms with Crippen molar-refractivity contribution in [2.75, 3.05) is 18.4 Å². The lowest BCUT2D eigenvalue weighted by Gasteiger charge is -2.22. The molecule has 0 saturated heterocycles. The molecule has 2 rings (SSSR count). The maximum atomic E-state index is 13.0. The van der Waals surface area contributed by atoms with Crippen LogP contribution in [0.5, 0.6) is 0 Å². The van der Waals surface area contributed by atoms with Gasteiger partial charge in [-0.15, -0.1) is 12.4 Å². The highest BCUT2D eigenvalue weighted by Crippen LogP contribution is 2.21. The molecule has 0 fully saturated rings. The minimum Gasteiger partial charge on any atom is -0.330 e. The molecule has 0 unspecified atom stereocenters. The van der Waals surface area contributed by atoms with Crippen LogP contribution in [0.4, 0.5) is 5.69 Å². The van der Waals surface area contributed by atoms with Crippen molar-refractivity contribution >= 4 is 34.0 Å². The van der Waals surface area contributed by atoms with Crippen LogP contribution in [-0.4, -0.2) is 31.7 Å². The van der Waals surface area contributed by atoms with Crippen LogP contribution in [0.1, 0.15) is 25.3 Å². The molecule has 0 heterocycles. The number of sulfonamides is 1.